The van der Waals surface area contributed by atoms with Crippen LogP contribution in [0, 0.1) is 5.82 Å². The predicted octanol–water partition coefficient (Wildman–Crippen LogP) is 1.45. The number of aliphatic hydroxyl groups is 1. The summed E-state index contributed by atoms with van der Waals surface area (Å²) < 4.78 is 18.3. The zero-order valence-electron chi connectivity index (χ0n) is 12.4. The maximum absolute atomic E-state index is 13.5. The van der Waals surface area contributed by atoms with E-state index in [1.807, 2.05) is 6.92 Å². The summed E-state index contributed by atoms with van der Waals surface area (Å²) in [5.41, 5.74) is 0.570. The maximum atomic E-state index is 13.5. The lowest BCUT2D eigenvalue weighted by atomic mass is 10.1. The quantitative estimate of drug-likeness (QED) is 0.680. The second kappa shape index (κ2) is 9.31. The van der Waals surface area contributed by atoms with Gasteiger partial charge < -0.3 is 20.5 Å². The van der Waals surface area contributed by atoms with Crippen LogP contribution in [0.25, 0.3) is 0 Å². The van der Waals surface area contributed by atoms with Gasteiger partial charge in [0, 0.05) is 19.7 Å². The summed E-state index contributed by atoms with van der Waals surface area (Å²) in [6.45, 7) is 2.40. The molecule has 0 aromatic heterocycles. The zero-order chi connectivity index (χ0) is 15.7. The second-order valence-corrected chi connectivity index (χ2v) is 4.99. The Morgan fingerprint density at radius 3 is 2.81 bits per heavy atom. The number of benzene rings is 1. The van der Waals surface area contributed by atoms with Gasteiger partial charge in [0.1, 0.15) is 5.82 Å². The molecule has 0 radical (unpaired) electrons. The van der Waals surface area contributed by atoms with E-state index in [1.54, 1.807) is 18.2 Å². The van der Waals surface area contributed by atoms with E-state index in [1.165, 1.54) is 13.2 Å². The Hall–Kier alpha value is -1.66. The minimum atomic E-state index is -0.592. The number of nitrogens with one attached hydrogen (secondary N) is 2. The van der Waals surface area contributed by atoms with Gasteiger partial charge in [-0.25, -0.2) is 9.18 Å². The summed E-state index contributed by atoms with van der Waals surface area (Å²) in [4.78, 5) is 11.6. The molecule has 118 valence electrons. The van der Waals surface area contributed by atoms with E-state index in [-0.39, 0.29) is 24.5 Å². The molecule has 21 heavy (non-hydrogen) atoms. The molecule has 2 unspecified atom stereocenters. The third-order valence-electron chi connectivity index (χ3n) is 2.98. The Kier molecular flexibility index (Phi) is 7.71. The van der Waals surface area contributed by atoms with E-state index < -0.39 is 6.10 Å². The average Bonchev–Trinajstić information content (AvgIpc) is 2.41. The summed E-state index contributed by atoms with van der Waals surface area (Å²) in [7, 11) is 1.51. The Labute approximate surface area is 124 Å². The number of carbonyl (C=O) groups excluding carboxylic acids is 1. The van der Waals surface area contributed by atoms with E-state index in [0.29, 0.717) is 24.9 Å². The highest BCUT2D eigenvalue weighted by molar-refractivity contribution is 5.74. The Morgan fingerprint density at radius 1 is 1.43 bits per heavy atom. The third kappa shape index (κ3) is 7.06. The first-order valence-electron chi connectivity index (χ1n) is 6.97. The molecule has 0 heterocycles. The van der Waals surface area contributed by atoms with Crippen LogP contribution in [0.4, 0.5) is 9.18 Å². The Balaban J connectivity index is 2.26. The van der Waals surface area contributed by atoms with Gasteiger partial charge in [0.05, 0.1) is 12.7 Å². The van der Waals surface area contributed by atoms with Gasteiger partial charge in [-0.05, 0) is 31.4 Å². The highest BCUT2D eigenvalue weighted by Gasteiger charge is 2.10. The van der Waals surface area contributed by atoms with Crippen molar-refractivity contribution in [1.82, 2.24) is 10.6 Å². The average molecular weight is 298 g/mol. The van der Waals surface area contributed by atoms with Crippen LogP contribution in [0.5, 0.6) is 0 Å². The Morgan fingerprint density at radius 2 is 2.14 bits per heavy atom. The standard InChI is InChI=1S/C15H23FN2O3/c1-11(9-12-5-3-4-6-14(12)16)18-15(20)17-8-7-13(19)10-21-2/h3-6,11,13,19H,7-10H2,1-2H3,(H2,17,18,20). The van der Waals surface area contributed by atoms with Gasteiger partial charge in [0.25, 0.3) is 0 Å². The number of aliphatic hydroxyl groups excluding tert-OH is 1. The number of halogens is 1. The number of carbonyl (C=O) groups is 1. The summed E-state index contributed by atoms with van der Waals surface area (Å²) in [5, 5.41) is 14.8. The molecule has 0 saturated heterocycles. The van der Waals surface area contributed by atoms with Crippen molar-refractivity contribution in [2.75, 3.05) is 20.3 Å². The van der Waals surface area contributed by atoms with Crippen molar-refractivity contribution in [1.29, 1.82) is 0 Å². The minimum absolute atomic E-state index is 0.189. The molecule has 2 amide bonds. The van der Waals surface area contributed by atoms with Gasteiger partial charge in [-0.3, -0.25) is 0 Å². The number of urea groups is 1. The topological polar surface area (TPSA) is 70.6 Å². The van der Waals surface area contributed by atoms with Crippen LogP contribution in [0.15, 0.2) is 24.3 Å². The van der Waals surface area contributed by atoms with E-state index >= 15 is 0 Å². The monoisotopic (exact) mass is 298 g/mol. The lowest BCUT2D eigenvalue weighted by Crippen LogP contribution is -2.42. The van der Waals surface area contributed by atoms with Crippen LogP contribution >= 0.6 is 0 Å². The van der Waals surface area contributed by atoms with Gasteiger partial charge >= 0.3 is 6.03 Å². The van der Waals surface area contributed by atoms with Crippen molar-refractivity contribution in [2.45, 2.75) is 31.9 Å². The van der Waals surface area contributed by atoms with Gasteiger partial charge in [-0.15, -0.1) is 0 Å². The highest BCUT2D eigenvalue weighted by atomic mass is 19.1. The van der Waals surface area contributed by atoms with Crippen molar-refractivity contribution in [3.05, 3.63) is 35.6 Å². The van der Waals surface area contributed by atoms with Crippen molar-refractivity contribution in [3.63, 3.8) is 0 Å². The minimum Gasteiger partial charge on any atom is -0.391 e. The molecule has 0 aliphatic rings. The van der Waals surface area contributed by atoms with Crippen LogP contribution in [0.3, 0.4) is 0 Å². The van der Waals surface area contributed by atoms with Crippen LogP contribution in [-0.2, 0) is 11.2 Å². The first-order valence-corrected chi connectivity index (χ1v) is 6.97. The van der Waals surface area contributed by atoms with Crippen LogP contribution in [0.2, 0.25) is 0 Å². The SMILES string of the molecule is COCC(O)CCNC(=O)NC(C)Cc1ccccc1F. The van der Waals surface area contributed by atoms with E-state index in [0.717, 1.165) is 0 Å². The molecular formula is C15H23FN2O3. The molecule has 1 aromatic carbocycles. The van der Waals surface area contributed by atoms with Gasteiger partial charge in [0.2, 0.25) is 0 Å². The molecule has 0 aliphatic heterocycles. The Bertz CT molecular complexity index is 443. The molecule has 0 aliphatic carbocycles. The van der Waals surface area contributed by atoms with Crippen molar-refractivity contribution < 1.29 is 19.0 Å². The van der Waals surface area contributed by atoms with Crippen LogP contribution in [0.1, 0.15) is 18.9 Å². The second-order valence-electron chi connectivity index (χ2n) is 4.99. The highest BCUT2D eigenvalue weighted by Crippen LogP contribution is 2.08. The summed E-state index contributed by atoms with van der Waals surface area (Å²) in [5.74, 6) is -0.269. The first kappa shape index (κ1) is 17.4. The fourth-order valence-electron chi connectivity index (χ4n) is 1.95. The third-order valence-corrected chi connectivity index (χ3v) is 2.98. The van der Waals surface area contributed by atoms with Crippen molar-refractivity contribution in [2.24, 2.45) is 0 Å². The maximum Gasteiger partial charge on any atom is 0.315 e. The number of hydrogen-bond acceptors (Lipinski definition) is 3. The van der Waals surface area contributed by atoms with Crippen LogP contribution in [-0.4, -0.2) is 43.5 Å². The van der Waals surface area contributed by atoms with Gasteiger partial charge in [-0.1, -0.05) is 18.2 Å². The molecule has 6 heteroatoms. The molecule has 0 spiro atoms. The van der Waals surface area contributed by atoms with Gasteiger partial charge in [0.15, 0.2) is 0 Å². The van der Waals surface area contributed by atoms with Gasteiger partial charge in [-0.2, -0.15) is 0 Å². The lowest BCUT2D eigenvalue weighted by molar-refractivity contribution is 0.0598. The molecule has 1 rings (SSSR count). The number of amides is 2. The smallest absolute Gasteiger partial charge is 0.315 e. The van der Waals surface area contributed by atoms with E-state index in [9.17, 15) is 14.3 Å². The molecule has 5 nitrogen and oxygen atoms in total. The van der Waals surface area contributed by atoms with E-state index in [4.69, 9.17) is 4.74 Å². The molecule has 0 saturated carbocycles. The largest absolute Gasteiger partial charge is 0.391 e. The molecule has 0 bridgehead atoms. The van der Waals surface area contributed by atoms with Crippen LogP contribution < -0.4 is 10.6 Å². The normalized spacial score (nSPS) is 13.5. The zero-order valence-corrected chi connectivity index (χ0v) is 12.4. The number of ether oxygens (including phenoxy) is 1. The number of hydrogen-bond donors (Lipinski definition) is 3. The molecule has 3 N–H and O–H groups in total. The summed E-state index contributed by atoms with van der Waals surface area (Å²) >= 11 is 0. The first-order chi connectivity index (χ1) is 10.0. The fourth-order valence-corrected chi connectivity index (χ4v) is 1.95. The predicted molar refractivity (Wildman–Crippen MR) is 78.6 cm³/mol. The molecular weight excluding hydrogens is 275 g/mol. The number of rotatable bonds is 8. The number of methoxy groups -OCH3 is 1. The summed E-state index contributed by atoms with van der Waals surface area (Å²) in [6.07, 6.45) is 0.251. The summed E-state index contributed by atoms with van der Waals surface area (Å²) in [6, 6.07) is 5.98. The van der Waals surface area contributed by atoms with Crippen molar-refractivity contribution in [3.8, 4) is 0 Å². The van der Waals surface area contributed by atoms with E-state index in [2.05, 4.69) is 10.6 Å². The lowest BCUT2D eigenvalue weighted by Gasteiger charge is -2.16. The van der Waals surface area contributed by atoms with Crippen molar-refractivity contribution >= 4 is 6.03 Å². The molecule has 2 atom stereocenters. The fraction of sp³-hybridized carbons (Fsp3) is 0.533. The molecule has 1 aromatic rings. The molecule has 0 fully saturated rings.